The van der Waals surface area contributed by atoms with Crippen LogP contribution in [0.4, 0.5) is 0 Å². The van der Waals surface area contributed by atoms with Gasteiger partial charge in [-0.05, 0) is 19.4 Å². The van der Waals surface area contributed by atoms with Gasteiger partial charge in [0.2, 0.25) is 0 Å². The molecular formula is C14H15ClN6O. The fourth-order valence-corrected chi connectivity index (χ4v) is 2.28. The van der Waals surface area contributed by atoms with Crippen molar-refractivity contribution in [3.05, 3.63) is 47.1 Å². The Labute approximate surface area is 131 Å². The van der Waals surface area contributed by atoms with Gasteiger partial charge in [0.15, 0.2) is 5.65 Å². The Morgan fingerprint density at radius 2 is 2.32 bits per heavy atom. The predicted molar refractivity (Wildman–Crippen MR) is 81.9 cm³/mol. The SMILES string of the molecule is Cc1nn(CCCNC(=O)c2cnn3cccnc23)cc1Cl. The zero-order valence-electron chi connectivity index (χ0n) is 12.0. The smallest absolute Gasteiger partial charge is 0.256 e. The van der Waals surface area contributed by atoms with Crippen molar-refractivity contribution in [3.8, 4) is 0 Å². The lowest BCUT2D eigenvalue weighted by Gasteiger charge is -2.04. The van der Waals surface area contributed by atoms with Crippen LogP contribution < -0.4 is 5.32 Å². The van der Waals surface area contributed by atoms with Gasteiger partial charge < -0.3 is 5.32 Å². The molecule has 0 aromatic carbocycles. The molecule has 0 aliphatic carbocycles. The second-order valence-electron chi connectivity index (χ2n) is 4.88. The fourth-order valence-electron chi connectivity index (χ4n) is 2.13. The number of rotatable bonds is 5. The van der Waals surface area contributed by atoms with E-state index in [4.69, 9.17) is 11.6 Å². The molecule has 1 amide bonds. The molecule has 0 atom stereocenters. The first-order valence-corrected chi connectivity index (χ1v) is 7.29. The van der Waals surface area contributed by atoms with Crippen molar-refractivity contribution in [3.63, 3.8) is 0 Å². The predicted octanol–water partition coefficient (Wildman–Crippen LogP) is 1.71. The van der Waals surface area contributed by atoms with E-state index < -0.39 is 0 Å². The Bertz CT molecular complexity index is 789. The van der Waals surface area contributed by atoms with Crippen LogP contribution in [0.2, 0.25) is 5.02 Å². The number of aromatic nitrogens is 5. The molecule has 0 radical (unpaired) electrons. The van der Waals surface area contributed by atoms with Crippen molar-refractivity contribution in [1.29, 1.82) is 0 Å². The van der Waals surface area contributed by atoms with Crippen molar-refractivity contribution in [2.24, 2.45) is 0 Å². The molecular weight excluding hydrogens is 304 g/mol. The van der Waals surface area contributed by atoms with Gasteiger partial charge in [-0.1, -0.05) is 11.6 Å². The molecule has 3 rings (SSSR count). The normalized spacial score (nSPS) is 11.0. The molecule has 0 unspecified atom stereocenters. The highest BCUT2D eigenvalue weighted by Crippen LogP contribution is 2.12. The van der Waals surface area contributed by atoms with Gasteiger partial charge >= 0.3 is 0 Å². The zero-order chi connectivity index (χ0) is 15.5. The second-order valence-corrected chi connectivity index (χ2v) is 5.29. The second kappa shape index (κ2) is 6.15. The van der Waals surface area contributed by atoms with E-state index in [1.165, 1.54) is 6.20 Å². The van der Waals surface area contributed by atoms with Gasteiger partial charge in [-0.15, -0.1) is 0 Å². The number of carbonyl (C=O) groups excluding carboxylic acids is 1. The largest absolute Gasteiger partial charge is 0.352 e. The number of aryl methyl sites for hydroxylation is 2. The molecule has 7 nitrogen and oxygen atoms in total. The number of hydrogen-bond acceptors (Lipinski definition) is 4. The number of nitrogens with one attached hydrogen (secondary N) is 1. The van der Waals surface area contributed by atoms with Crippen molar-refractivity contribution in [2.45, 2.75) is 19.9 Å². The van der Waals surface area contributed by atoms with E-state index >= 15 is 0 Å². The third kappa shape index (κ3) is 2.94. The summed E-state index contributed by atoms with van der Waals surface area (Å²) >= 11 is 5.95. The lowest BCUT2D eigenvalue weighted by molar-refractivity contribution is 0.0954. The lowest BCUT2D eigenvalue weighted by atomic mass is 10.3. The van der Waals surface area contributed by atoms with Crippen LogP contribution in [-0.2, 0) is 6.54 Å². The monoisotopic (exact) mass is 318 g/mol. The van der Waals surface area contributed by atoms with E-state index in [1.54, 1.807) is 33.9 Å². The Morgan fingerprint density at radius 3 is 3.09 bits per heavy atom. The molecule has 0 bridgehead atoms. The first kappa shape index (κ1) is 14.5. The van der Waals surface area contributed by atoms with Crippen LogP contribution in [0.1, 0.15) is 22.5 Å². The number of hydrogen-bond donors (Lipinski definition) is 1. The Kier molecular flexibility index (Phi) is 4.06. The van der Waals surface area contributed by atoms with Crippen LogP contribution in [-0.4, -0.2) is 36.8 Å². The number of fused-ring (bicyclic) bond motifs is 1. The molecule has 0 aliphatic heterocycles. The molecule has 3 aromatic rings. The van der Waals surface area contributed by atoms with Gasteiger partial charge in [-0.25, -0.2) is 9.50 Å². The maximum absolute atomic E-state index is 12.1. The van der Waals surface area contributed by atoms with Crippen molar-refractivity contribution < 1.29 is 4.79 Å². The third-order valence-electron chi connectivity index (χ3n) is 3.26. The summed E-state index contributed by atoms with van der Waals surface area (Å²) in [5, 5.41) is 11.9. The molecule has 0 saturated carbocycles. The Morgan fingerprint density at radius 1 is 1.45 bits per heavy atom. The molecule has 114 valence electrons. The minimum Gasteiger partial charge on any atom is -0.352 e. The number of carbonyl (C=O) groups is 1. The number of amides is 1. The maximum atomic E-state index is 12.1. The Balaban J connectivity index is 1.54. The Hall–Kier alpha value is -2.41. The average molecular weight is 319 g/mol. The van der Waals surface area contributed by atoms with E-state index in [9.17, 15) is 4.79 Å². The third-order valence-corrected chi connectivity index (χ3v) is 3.63. The highest BCUT2D eigenvalue weighted by molar-refractivity contribution is 6.31. The van der Waals surface area contributed by atoms with Gasteiger partial charge in [0.05, 0.1) is 16.9 Å². The van der Waals surface area contributed by atoms with Crippen molar-refractivity contribution >= 4 is 23.2 Å². The van der Waals surface area contributed by atoms with Crippen molar-refractivity contribution in [1.82, 2.24) is 29.7 Å². The van der Waals surface area contributed by atoms with Crippen LogP contribution in [0.3, 0.4) is 0 Å². The lowest BCUT2D eigenvalue weighted by Crippen LogP contribution is -2.25. The fraction of sp³-hybridized carbons (Fsp3) is 0.286. The van der Waals surface area contributed by atoms with Crippen LogP contribution in [0.15, 0.2) is 30.9 Å². The molecule has 0 aliphatic rings. The maximum Gasteiger partial charge on any atom is 0.256 e. The van der Waals surface area contributed by atoms with E-state index in [1.807, 2.05) is 6.92 Å². The first-order valence-electron chi connectivity index (χ1n) is 6.91. The van der Waals surface area contributed by atoms with Crippen molar-refractivity contribution in [2.75, 3.05) is 6.54 Å². The molecule has 0 spiro atoms. The molecule has 3 heterocycles. The summed E-state index contributed by atoms with van der Waals surface area (Å²) < 4.78 is 3.35. The highest BCUT2D eigenvalue weighted by atomic mass is 35.5. The van der Waals surface area contributed by atoms with Gasteiger partial charge in [-0.2, -0.15) is 10.2 Å². The molecule has 3 aromatic heterocycles. The van der Waals surface area contributed by atoms with E-state index in [2.05, 4.69) is 20.5 Å². The minimum absolute atomic E-state index is 0.177. The molecule has 1 N–H and O–H groups in total. The molecule has 0 saturated heterocycles. The summed E-state index contributed by atoms with van der Waals surface area (Å²) in [7, 11) is 0. The minimum atomic E-state index is -0.177. The quantitative estimate of drug-likeness (QED) is 0.726. The van der Waals surface area contributed by atoms with Crippen LogP contribution in [0.5, 0.6) is 0 Å². The van der Waals surface area contributed by atoms with Crippen LogP contribution in [0, 0.1) is 6.92 Å². The standard InChI is InChI=1S/C14H15ClN6O/c1-10-12(15)9-20(19-10)6-2-5-17-14(22)11-8-18-21-7-3-4-16-13(11)21/h3-4,7-9H,2,5-6H2,1H3,(H,17,22). The first-order chi connectivity index (χ1) is 10.6. The molecule has 8 heteroatoms. The van der Waals surface area contributed by atoms with Crippen LogP contribution >= 0.6 is 11.6 Å². The number of halogens is 1. The van der Waals surface area contributed by atoms with Gasteiger partial charge in [0, 0.05) is 31.7 Å². The number of nitrogens with zero attached hydrogens (tertiary/aromatic N) is 5. The van der Waals surface area contributed by atoms with Gasteiger partial charge in [0.25, 0.3) is 5.91 Å². The highest BCUT2D eigenvalue weighted by Gasteiger charge is 2.12. The summed E-state index contributed by atoms with van der Waals surface area (Å²) in [4.78, 5) is 16.3. The van der Waals surface area contributed by atoms with Crippen LogP contribution in [0.25, 0.3) is 5.65 Å². The van der Waals surface area contributed by atoms with E-state index in [0.717, 1.165) is 12.1 Å². The summed E-state index contributed by atoms with van der Waals surface area (Å²) in [5.41, 5.74) is 1.83. The summed E-state index contributed by atoms with van der Waals surface area (Å²) in [6, 6.07) is 1.76. The molecule has 0 fully saturated rings. The zero-order valence-corrected chi connectivity index (χ0v) is 12.8. The summed E-state index contributed by atoms with van der Waals surface area (Å²) in [6.07, 6.45) is 7.46. The summed E-state index contributed by atoms with van der Waals surface area (Å²) in [6.45, 7) is 3.10. The van der Waals surface area contributed by atoms with Gasteiger partial charge in [0.1, 0.15) is 5.56 Å². The average Bonchev–Trinajstić information content (AvgIpc) is 3.07. The van der Waals surface area contributed by atoms with Gasteiger partial charge in [-0.3, -0.25) is 9.48 Å². The topological polar surface area (TPSA) is 77.1 Å². The molecule has 22 heavy (non-hydrogen) atoms. The van der Waals surface area contributed by atoms with E-state index in [0.29, 0.717) is 29.3 Å². The van der Waals surface area contributed by atoms with E-state index in [-0.39, 0.29) is 5.91 Å². The summed E-state index contributed by atoms with van der Waals surface area (Å²) in [5.74, 6) is -0.177.